The standard InChI is InChI=1S/C19H25N3O3/c1-3-25-15-7-12(2)18(17(23)9-15)13-8-16(21-11-13)19(24)22-6-4-5-14(22)10-20/h7,9,13-14,16,21,23H,3-6,8,11H2,1-2H3/t13-,14-,16-/m0/s1. The van der Waals surface area contributed by atoms with E-state index in [1.807, 2.05) is 19.9 Å². The van der Waals surface area contributed by atoms with E-state index in [9.17, 15) is 15.2 Å². The highest BCUT2D eigenvalue weighted by Gasteiger charge is 2.38. The number of ether oxygens (including phenoxy) is 1. The Hall–Kier alpha value is -2.26. The number of phenolic OH excluding ortho intramolecular Hbond substituents is 1. The van der Waals surface area contributed by atoms with Gasteiger partial charge in [-0.05, 0) is 44.7 Å². The first-order valence-electron chi connectivity index (χ1n) is 8.95. The molecule has 2 N–H and O–H groups in total. The van der Waals surface area contributed by atoms with Gasteiger partial charge in [0.25, 0.3) is 0 Å². The molecule has 6 nitrogen and oxygen atoms in total. The van der Waals surface area contributed by atoms with Crippen molar-refractivity contribution < 1.29 is 14.6 Å². The fraction of sp³-hybridized carbons (Fsp3) is 0.579. The second-order valence-corrected chi connectivity index (χ2v) is 6.82. The maximum Gasteiger partial charge on any atom is 0.240 e. The van der Waals surface area contributed by atoms with Gasteiger partial charge in [-0.25, -0.2) is 0 Å². The first kappa shape index (κ1) is 17.6. The number of nitrogens with one attached hydrogen (secondary N) is 1. The fourth-order valence-electron chi connectivity index (χ4n) is 4.04. The lowest BCUT2D eigenvalue weighted by Gasteiger charge is -2.23. The zero-order chi connectivity index (χ0) is 18.0. The highest BCUT2D eigenvalue weighted by Crippen LogP contribution is 2.38. The van der Waals surface area contributed by atoms with Crippen LogP contribution in [0.3, 0.4) is 0 Å². The van der Waals surface area contributed by atoms with Gasteiger partial charge in [-0.2, -0.15) is 5.26 Å². The largest absolute Gasteiger partial charge is 0.508 e. The van der Waals surface area contributed by atoms with Gasteiger partial charge in [0.1, 0.15) is 17.5 Å². The molecule has 0 aliphatic carbocycles. The SMILES string of the molecule is CCOc1cc(C)c([C@@H]2CN[C@H](C(=O)N3CCC[C@H]3C#N)C2)c(O)c1. The van der Waals surface area contributed by atoms with E-state index >= 15 is 0 Å². The van der Waals surface area contributed by atoms with E-state index < -0.39 is 0 Å². The number of hydrogen-bond donors (Lipinski definition) is 2. The van der Waals surface area contributed by atoms with E-state index in [1.54, 1.807) is 11.0 Å². The Labute approximate surface area is 148 Å². The predicted octanol–water partition coefficient (Wildman–Crippen LogP) is 2.06. The lowest BCUT2D eigenvalue weighted by molar-refractivity contribution is -0.133. The number of rotatable bonds is 4. The summed E-state index contributed by atoms with van der Waals surface area (Å²) in [6, 6.07) is 5.21. The van der Waals surface area contributed by atoms with Crippen molar-refractivity contribution in [3.8, 4) is 17.6 Å². The molecule has 1 amide bonds. The third-order valence-electron chi connectivity index (χ3n) is 5.17. The summed E-state index contributed by atoms with van der Waals surface area (Å²) >= 11 is 0. The van der Waals surface area contributed by atoms with Crippen LogP contribution in [-0.2, 0) is 4.79 Å². The summed E-state index contributed by atoms with van der Waals surface area (Å²) in [5, 5.41) is 22.9. The minimum atomic E-state index is -0.297. The van der Waals surface area contributed by atoms with Gasteiger partial charge < -0.3 is 20.1 Å². The van der Waals surface area contributed by atoms with Gasteiger partial charge >= 0.3 is 0 Å². The molecule has 1 aromatic carbocycles. The van der Waals surface area contributed by atoms with Gasteiger partial charge in [0.05, 0.1) is 18.7 Å². The number of phenols is 1. The molecule has 2 heterocycles. The van der Waals surface area contributed by atoms with Crippen molar-refractivity contribution >= 4 is 5.91 Å². The Morgan fingerprint density at radius 2 is 2.32 bits per heavy atom. The molecule has 0 radical (unpaired) electrons. The molecule has 2 fully saturated rings. The van der Waals surface area contributed by atoms with Gasteiger partial charge in [-0.15, -0.1) is 0 Å². The van der Waals surface area contributed by atoms with Gasteiger partial charge in [-0.1, -0.05) is 0 Å². The third kappa shape index (κ3) is 3.42. The number of likely N-dealkylation sites (tertiary alicyclic amines) is 1. The number of amides is 1. The van der Waals surface area contributed by atoms with Crippen LogP contribution in [0.25, 0.3) is 0 Å². The summed E-state index contributed by atoms with van der Waals surface area (Å²) in [5.41, 5.74) is 1.85. The van der Waals surface area contributed by atoms with E-state index in [2.05, 4.69) is 11.4 Å². The van der Waals surface area contributed by atoms with Gasteiger partial charge in [0.15, 0.2) is 0 Å². The second kappa shape index (κ2) is 7.32. The molecule has 134 valence electrons. The molecule has 25 heavy (non-hydrogen) atoms. The Bertz CT molecular complexity index is 675. The number of hydrogen-bond acceptors (Lipinski definition) is 5. The van der Waals surface area contributed by atoms with Crippen molar-refractivity contribution in [2.45, 2.75) is 51.1 Å². The molecule has 0 spiro atoms. The Kier molecular flexibility index (Phi) is 5.14. The van der Waals surface area contributed by atoms with E-state index in [1.165, 1.54) is 0 Å². The molecule has 6 heteroatoms. The second-order valence-electron chi connectivity index (χ2n) is 6.82. The first-order valence-corrected chi connectivity index (χ1v) is 8.95. The summed E-state index contributed by atoms with van der Waals surface area (Å²) in [6.45, 7) is 5.72. The maximum atomic E-state index is 12.7. The van der Waals surface area contributed by atoms with Crippen LogP contribution in [0, 0.1) is 18.3 Å². The topological polar surface area (TPSA) is 85.6 Å². The van der Waals surface area contributed by atoms with Crippen molar-refractivity contribution in [2.75, 3.05) is 19.7 Å². The fourth-order valence-corrected chi connectivity index (χ4v) is 4.04. The zero-order valence-electron chi connectivity index (χ0n) is 14.8. The molecule has 0 bridgehead atoms. The highest BCUT2D eigenvalue weighted by atomic mass is 16.5. The number of nitriles is 1. The molecule has 2 aliphatic rings. The van der Waals surface area contributed by atoms with E-state index in [0.717, 1.165) is 24.0 Å². The van der Waals surface area contributed by atoms with Crippen molar-refractivity contribution in [2.24, 2.45) is 0 Å². The maximum absolute atomic E-state index is 12.7. The number of aromatic hydroxyl groups is 1. The van der Waals surface area contributed by atoms with Crippen LogP contribution < -0.4 is 10.1 Å². The van der Waals surface area contributed by atoms with Gasteiger partial charge in [0.2, 0.25) is 5.91 Å². The Morgan fingerprint density at radius 3 is 3.00 bits per heavy atom. The average Bonchev–Trinajstić information content (AvgIpc) is 3.23. The Balaban J connectivity index is 1.73. The smallest absolute Gasteiger partial charge is 0.240 e. The molecular formula is C19H25N3O3. The van der Waals surface area contributed by atoms with E-state index in [0.29, 0.717) is 31.9 Å². The van der Waals surface area contributed by atoms with Crippen molar-refractivity contribution in [3.63, 3.8) is 0 Å². The van der Waals surface area contributed by atoms with Crippen LogP contribution >= 0.6 is 0 Å². The molecule has 0 aromatic heterocycles. The minimum Gasteiger partial charge on any atom is -0.508 e. The molecule has 1 aromatic rings. The number of aryl methyl sites for hydroxylation is 1. The van der Waals surface area contributed by atoms with E-state index in [-0.39, 0.29) is 29.7 Å². The van der Waals surface area contributed by atoms with Gasteiger partial charge in [0, 0.05) is 30.6 Å². The lowest BCUT2D eigenvalue weighted by Crippen LogP contribution is -2.45. The normalized spacial score (nSPS) is 25.8. The zero-order valence-corrected chi connectivity index (χ0v) is 14.8. The van der Waals surface area contributed by atoms with Gasteiger partial charge in [-0.3, -0.25) is 4.79 Å². The molecule has 0 saturated carbocycles. The van der Waals surface area contributed by atoms with Crippen molar-refractivity contribution in [1.29, 1.82) is 5.26 Å². The van der Waals surface area contributed by atoms with Crippen molar-refractivity contribution in [1.82, 2.24) is 10.2 Å². The molecule has 3 atom stereocenters. The van der Waals surface area contributed by atoms with Crippen LogP contribution in [-0.4, -0.2) is 47.7 Å². The van der Waals surface area contributed by atoms with E-state index in [4.69, 9.17) is 4.74 Å². The summed E-state index contributed by atoms with van der Waals surface area (Å²) in [4.78, 5) is 14.4. The lowest BCUT2D eigenvalue weighted by atomic mass is 9.91. The molecule has 3 rings (SSSR count). The minimum absolute atomic E-state index is 0.00892. The van der Waals surface area contributed by atoms with Crippen LogP contribution in [0.15, 0.2) is 12.1 Å². The highest BCUT2D eigenvalue weighted by molar-refractivity contribution is 5.83. The summed E-state index contributed by atoms with van der Waals surface area (Å²) in [7, 11) is 0. The van der Waals surface area contributed by atoms with Crippen LogP contribution in [0.1, 0.15) is 43.2 Å². The molecule has 2 aliphatic heterocycles. The third-order valence-corrected chi connectivity index (χ3v) is 5.17. The van der Waals surface area contributed by atoms with Crippen molar-refractivity contribution in [3.05, 3.63) is 23.3 Å². The first-order chi connectivity index (χ1) is 12.0. The van der Waals surface area contributed by atoms with Crippen LogP contribution in [0.5, 0.6) is 11.5 Å². The summed E-state index contributed by atoms with van der Waals surface area (Å²) in [5.74, 6) is 0.968. The average molecular weight is 343 g/mol. The Morgan fingerprint density at radius 1 is 1.52 bits per heavy atom. The predicted molar refractivity (Wildman–Crippen MR) is 93.5 cm³/mol. The number of carbonyl (C=O) groups is 1. The molecule has 2 saturated heterocycles. The quantitative estimate of drug-likeness (QED) is 0.874. The summed E-state index contributed by atoms with van der Waals surface area (Å²) < 4.78 is 5.47. The summed E-state index contributed by atoms with van der Waals surface area (Å²) in [6.07, 6.45) is 2.28. The number of nitrogens with zero attached hydrogens (tertiary/aromatic N) is 2. The van der Waals surface area contributed by atoms with Crippen LogP contribution in [0.4, 0.5) is 0 Å². The monoisotopic (exact) mass is 343 g/mol. The van der Waals surface area contributed by atoms with Crippen LogP contribution in [0.2, 0.25) is 0 Å². The molecular weight excluding hydrogens is 318 g/mol. The number of carbonyl (C=O) groups excluding carboxylic acids is 1. The number of benzene rings is 1. The molecule has 0 unspecified atom stereocenters.